The van der Waals surface area contributed by atoms with Crippen LogP contribution in [-0.2, 0) is 15.0 Å². The van der Waals surface area contributed by atoms with Gasteiger partial charge < -0.3 is 10.2 Å². The van der Waals surface area contributed by atoms with Crippen LogP contribution in [0.3, 0.4) is 0 Å². The van der Waals surface area contributed by atoms with E-state index < -0.39 is 5.41 Å². The van der Waals surface area contributed by atoms with Crippen LogP contribution >= 0.6 is 0 Å². The average molecular weight is 292 g/mol. The molecule has 2 amide bonds. The van der Waals surface area contributed by atoms with E-state index in [0.717, 1.165) is 16.9 Å². The molecular weight excluding hydrogens is 276 g/mol. The van der Waals surface area contributed by atoms with Crippen molar-refractivity contribution in [3.8, 4) is 0 Å². The van der Waals surface area contributed by atoms with Crippen molar-refractivity contribution in [3.63, 3.8) is 0 Å². The second-order valence-corrected chi connectivity index (χ2v) is 5.90. The number of hydrogen-bond acceptors (Lipinski definition) is 2. The largest absolute Gasteiger partial charge is 0.325 e. The number of amides is 2. The molecule has 0 aliphatic carbocycles. The molecule has 0 saturated carbocycles. The second kappa shape index (κ2) is 4.70. The first kappa shape index (κ1) is 13.1. The quantitative estimate of drug-likeness (QED) is 0.878. The Morgan fingerprint density at radius 2 is 1.68 bits per heavy atom. The number of anilines is 2. The maximum Gasteiger partial charge on any atom is 0.236 e. The number of benzene rings is 2. The van der Waals surface area contributed by atoms with Gasteiger partial charge in [0.15, 0.2) is 0 Å². The van der Waals surface area contributed by atoms with Gasteiger partial charge in [0.2, 0.25) is 11.8 Å². The summed E-state index contributed by atoms with van der Waals surface area (Å²) in [6, 6.07) is 17.3. The monoisotopic (exact) mass is 292 g/mol. The molecule has 0 aromatic heterocycles. The molecule has 2 aliphatic rings. The SMILES string of the molecule is O=C1CCC2(CN1c1ccccc1)C(=O)Nc1ccccc12. The Hall–Kier alpha value is -2.62. The first-order valence-electron chi connectivity index (χ1n) is 7.47. The van der Waals surface area contributed by atoms with Crippen molar-refractivity contribution in [1.29, 1.82) is 0 Å². The minimum absolute atomic E-state index is 0.00197. The molecule has 1 atom stereocenters. The van der Waals surface area contributed by atoms with Crippen LogP contribution in [0.4, 0.5) is 11.4 Å². The van der Waals surface area contributed by atoms with Crippen LogP contribution in [-0.4, -0.2) is 18.4 Å². The molecule has 22 heavy (non-hydrogen) atoms. The van der Waals surface area contributed by atoms with Gasteiger partial charge >= 0.3 is 0 Å². The number of hydrogen-bond donors (Lipinski definition) is 1. The summed E-state index contributed by atoms with van der Waals surface area (Å²) in [5, 5.41) is 2.97. The lowest BCUT2D eigenvalue weighted by Gasteiger charge is -2.38. The third-order valence-corrected chi connectivity index (χ3v) is 4.69. The maximum atomic E-state index is 12.6. The maximum absolute atomic E-state index is 12.6. The minimum Gasteiger partial charge on any atom is -0.325 e. The van der Waals surface area contributed by atoms with Crippen LogP contribution in [0.1, 0.15) is 18.4 Å². The molecule has 0 radical (unpaired) electrons. The first-order valence-corrected chi connectivity index (χ1v) is 7.47. The van der Waals surface area contributed by atoms with Gasteiger partial charge in [0.25, 0.3) is 0 Å². The van der Waals surface area contributed by atoms with Crippen molar-refractivity contribution in [2.24, 2.45) is 0 Å². The van der Waals surface area contributed by atoms with E-state index >= 15 is 0 Å². The number of carbonyl (C=O) groups excluding carboxylic acids is 2. The van der Waals surface area contributed by atoms with Crippen LogP contribution < -0.4 is 10.2 Å². The second-order valence-electron chi connectivity index (χ2n) is 5.90. The molecule has 4 nitrogen and oxygen atoms in total. The highest BCUT2D eigenvalue weighted by Crippen LogP contribution is 2.44. The van der Waals surface area contributed by atoms with E-state index in [-0.39, 0.29) is 11.8 Å². The summed E-state index contributed by atoms with van der Waals surface area (Å²) in [6.45, 7) is 0.401. The fraction of sp³-hybridized carbons (Fsp3) is 0.222. The molecule has 2 aromatic rings. The van der Waals surface area contributed by atoms with Crippen molar-refractivity contribution in [2.75, 3.05) is 16.8 Å². The topological polar surface area (TPSA) is 49.4 Å². The van der Waals surface area contributed by atoms with E-state index in [1.54, 1.807) is 4.90 Å². The molecule has 1 saturated heterocycles. The summed E-state index contributed by atoms with van der Waals surface area (Å²) in [6.07, 6.45) is 0.953. The van der Waals surface area contributed by atoms with Gasteiger partial charge in [-0.3, -0.25) is 9.59 Å². The first-order chi connectivity index (χ1) is 10.7. The Bertz CT molecular complexity index is 757. The van der Waals surface area contributed by atoms with Gasteiger partial charge in [-0.2, -0.15) is 0 Å². The molecule has 2 aromatic carbocycles. The number of rotatable bonds is 1. The van der Waals surface area contributed by atoms with Crippen molar-refractivity contribution in [1.82, 2.24) is 0 Å². The van der Waals surface area contributed by atoms with Gasteiger partial charge in [0, 0.05) is 24.3 Å². The molecule has 0 bridgehead atoms. The molecule has 4 rings (SSSR count). The van der Waals surface area contributed by atoms with Gasteiger partial charge in [-0.1, -0.05) is 36.4 Å². The summed E-state index contributed by atoms with van der Waals surface area (Å²) in [5.41, 5.74) is 2.10. The molecule has 1 unspecified atom stereocenters. The van der Waals surface area contributed by atoms with E-state index in [1.165, 1.54) is 0 Å². The van der Waals surface area contributed by atoms with Crippen molar-refractivity contribution >= 4 is 23.2 Å². The van der Waals surface area contributed by atoms with Crippen LogP contribution in [0, 0.1) is 0 Å². The number of fused-ring (bicyclic) bond motifs is 2. The molecule has 2 heterocycles. The van der Waals surface area contributed by atoms with Gasteiger partial charge in [-0.25, -0.2) is 0 Å². The van der Waals surface area contributed by atoms with Gasteiger partial charge in [0.1, 0.15) is 0 Å². The Kier molecular flexibility index (Phi) is 2.79. The third-order valence-electron chi connectivity index (χ3n) is 4.69. The van der Waals surface area contributed by atoms with E-state index in [1.807, 2.05) is 54.6 Å². The zero-order chi connectivity index (χ0) is 15.2. The van der Waals surface area contributed by atoms with E-state index in [2.05, 4.69) is 5.32 Å². The highest BCUT2D eigenvalue weighted by atomic mass is 16.2. The molecule has 2 aliphatic heterocycles. The zero-order valence-corrected chi connectivity index (χ0v) is 12.1. The number of nitrogens with zero attached hydrogens (tertiary/aromatic N) is 1. The lowest BCUT2D eigenvalue weighted by Crippen LogP contribution is -2.52. The smallest absolute Gasteiger partial charge is 0.236 e. The summed E-state index contributed by atoms with van der Waals surface area (Å²) in [5.74, 6) is 0.0798. The molecule has 1 fully saturated rings. The summed E-state index contributed by atoms with van der Waals surface area (Å²) in [7, 11) is 0. The highest BCUT2D eigenvalue weighted by Gasteiger charge is 2.51. The fourth-order valence-corrected chi connectivity index (χ4v) is 3.51. The van der Waals surface area contributed by atoms with Crippen LogP contribution in [0.2, 0.25) is 0 Å². The van der Waals surface area contributed by atoms with Gasteiger partial charge in [-0.15, -0.1) is 0 Å². The Labute approximate surface area is 128 Å². The molecular formula is C18H16N2O2. The van der Waals surface area contributed by atoms with Crippen molar-refractivity contribution in [3.05, 3.63) is 60.2 Å². The summed E-state index contributed by atoms with van der Waals surface area (Å²) < 4.78 is 0. The minimum atomic E-state index is -0.625. The van der Waals surface area contributed by atoms with Gasteiger partial charge in [-0.05, 0) is 30.2 Å². The zero-order valence-electron chi connectivity index (χ0n) is 12.1. The van der Waals surface area contributed by atoms with E-state index in [0.29, 0.717) is 19.4 Å². The Morgan fingerprint density at radius 1 is 0.955 bits per heavy atom. The lowest BCUT2D eigenvalue weighted by molar-refractivity contribution is -0.125. The third kappa shape index (κ3) is 1.77. The molecule has 4 heteroatoms. The van der Waals surface area contributed by atoms with E-state index in [9.17, 15) is 9.59 Å². The van der Waals surface area contributed by atoms with Crippen LogP contribution in [0.25, 0.3) is 0 Å². The van der Waals surface area contributed by atoms with Gasteiger partial charge in [0.05, 0.1) is 5.41 Å². The number of piperidine rings is 1. The highest BCUT2D eigenvalue weighted by molar-refractivity contribution is 6.09. The number of para-hydroxylation sites is 2. The average Bonchev–Trinajstić information content (AvgIpc) is 2.83. The molecule has 1 spiro atoms. The standard InChI is InChI=1S/C18H16N2O2/c21-16-10-11-18(12-20(16)13-6-2-1-3-7-13)14-8-4-5-9-15(14)19-17(18)22/h1-9H,10-12H2,(H,19,22). The van der Waals surface area contributed by atoms with Crippen LogP contribution in [0.5, 0.6) is 0 Å². The predicted molar refractivity (Wildman–Crippen MR) is 84.8 cm³/mol. The number of nitrogens with one attached hydrogen (secondary N) is 1. The normalized spacial score (nSPS) is 23.5. The van der Waals surface area contributed by atoms with E-state index in [4.69, 9.17) is 0 Å². The summed E-state index contributed by atoms with van der Waals surface area (Å²) in [4.78, 5) is 26.7. The molecule has 110 valence electrons. The Balaban J connectivity index is 1.78. The van der Waals surface area contributed by atoms with Crippen molar-refractivity contribution in [2.45, 2.75) is 18.3 Å². The Morgan fingerprint density at radius 3 is 2.50 bits per heavy atom. The van der Waals surface area contributed by atoms with Crippen molar-refractivity contribution < 1.29 is 9.59 Å². The summed E-state index contributed by atoms with van der Waals surface area (Å²) >= 11 is 0. The molecule has 1 N–H and O–H groups in total. The van der Waals surface area contributed by atoms with Crippen LogP contribution in [0.15, 0.2) is 54.6 Å². The number of carbonyl (C=O) groups is 2. The fourth-order valence-electron chi connectivity index (χ4n) is 3.51. The lowest BCUT2D eigenvalue weighted by atomic mass is 9.74. The predicted octanol–water partition coefficient (Wildman–Crippen LogP) is 2.70.